The first-order chi connectivity index (χ1) is 9.60. The number of benzene rings is 1. The monoisotopic (exact) mass is 275 g/mol. The lowest BCUT2D eigenvalue weighted by atomic mass is 10.2. The molecule has 20 heavy (non-hydrogen) atoms. The number of likely N-dealkylation sites (tertiary alicyclic amines) is 1. The van der Waals surface area contributed by atoms with Crippen molar-refractivity contribution in [2.75, 3.05) is 25.5 Å². The standard InChI is InChI=1S/C14H17N3O3/c1-15-14(20)10-4-6-11(7-5-10)16-12(18)9-17-8-2-3-13(17)19/h4-7H,2-3,8-9H2,1H3,(H,15,20)(H,16,18). The smallest absolute Gasteiger partial charge is 0.251 e. The van der Waals surface area contributed by atoms with Gasteiger partial charge in [0.2, 0.25) is 11.8 Å². The summed E-state index contributed by atoms with van der Waals surface area (Å²) >= 11 is 0. The predicted molar refractivity (Wildman–Crippen MR) is 74.3 cm³/mol. The second kappa shape index (κ2) is 6.18. The SMILES string of the molecule is CNC(=O)c1ccc(NC(=O)CN2CCCC2=O)cc1. The first-order valence-corrected chi connectivity index (χ1v) is 6.50. The van der Waals surface area contributed by atoms with Crippen LogP contribution in [0.15, 0.2) is 24.3 Å². The van der Waals surface area contributed by atoms with Crippen LogP contribution in [-0.4, -0.2) is 42.8 Å². The van der Waals surface area contributed by atoms with Crippen LogP contribution in [0.2, 0.25) is 0 Å². The quantitative estimate of drug-likeness (QED) is 0.845. The Labute approximate surface area is 117 Å². The molecule has 6 heteroatoms. The molecule has 0 spiro atoms. The maximum Gasteiger partial charge on any atom is 0.251 e. The number of anilines is 1. The van der Waals surface area contributed by atoms with Crippen LogP contribution in [0.4, 0.5) is 5.69 Å². The molecular weight excluding hydrogens is 258 g/mol. The molecule has 1 aliphatic rings. The zero-order valence-corrected chi connectivity index (χ0v) is 11.3. The molecule has 1 heterocycles. The van der Waals surface area contributed by atoms with Crippen molar-refractivity contribution in [1.29, 1.82) is 0 Å². The second-order valence-electron chi connectivity index (χ2n) is 4.62. The highest BCUT2D eigenvalue weighted by atomic mass is 16.2. The summed E-state index contributed by atoms with van der Waals surface area (Å²) in [7, 11) is 1.56. The van der Waals surface area contributed by atoms with Crippen LogP contribution in [0, 0.1) is 0 Å². The van der Waals surface area contributed by atoms with E-state index in [0.29, 0.717) is 24.2 Å². The molecule has 1 aromatic carbocycles. The fourth-order valence-corrected chi connectivity index (χ4v) is 2.09. The van der Waals surface area contributed by atoms with Gasteiger partial charge in [0.05, 0.1) is 6.54 Å². The number of carbonyl (C=O) groups is 3. The maximum absolute atomic E-state index is 11.8. The van der Waals surface area contributed by atoms with Gasteiger partial charge in [0.25, 0.3) is 5.91 Å². The number of nitrogens with one attached hydrogen (secondary N) is 2. The molecular formula is C14H17N3O3. The maximum atomic E-state index is 11.8. The van der Waals surface area contributed by atoms with E-state index in [1.807, 2.05) is 0 Å². The number of nitrogens with zero attached hydrogens (tertiary/aromatic N) is 1. The lowest BCUT2D eigenvalue weighted by Gasteiger charge is -2.15. The third-order valence-corrected chi connectivity index (χ3v) is 3.16. The predicted octanol–water partition coefficient (Wildman–Crippen LogP) is 0.607. The molecule has 0 aliphatic carbocycles. The van der Waals surface area contributed by atoms with Crippen LogP contribution in [0.25, 0.3) is 0 Å². The summed E-state index contributed by atoms with van der Waals surface area (Å²) in [5.74, 6) is -0.381. The second-order valence-corrected chi connectivity index (χ2v) is 4.62. The van der Waals surface area contributed by atoms with E-state index in [4.69, 9.17) is 0 Å². The van der Waals surface area contributed by atoms with E-state index < -0.39 is 0 Å². The Hall–Kier alpha value is -2.37. The van der Waals surface area contributed by atoms with Crippen molar-refractivity contribution >= 4 is 23.4 Å². The Balaban J connectivity index is 1.91. The molecule has 1 saturated heterocycles. The van der Waals surface area contributed by atoms with Gasteiger partial charge < -0.3 is 15.5 Å². The molecule has 106 valence electrons. The molecule has 3 amide bonds. The molecule has 0 unspecified atom stereocenters. The van der Waals surface area contributed by atoms with Crippen molar-refractivity contribution in [2.24, 2.45) is 0 Å². The van der Waals surface area contributed by atoms with Crippen LogP contribution in [0.1, 0.15) is 23.2 Å². The van der Waals surface area contributed by atoms with E-state index in [9.17, 15) is 14.4 Å². The Bertz CT molecular complexity index is 525. The molecule has 0 aromatic heterocycles. The molecule has 1 fully saturated rings. The number of carbonyl (C=O) groups excluding carboxylic acids is 3. The van der Waals surface area contributed by atoms with Gasteiger partial charge in [-0.05, 0) is 30.7 Å². The molecule has 1 aliphatic heterocycles. The van der Waals surface area contributed by atoms with Crippen LogP contribution in [0.5, 0.6) is 0 Å². The van der Waals surface area contributed by atoms with Gasteiger partial charge >= 0.3 is 0 Å². The summed E-state index contributed by atoms with van der Waals surface area (Å²) in [5, 5.41) is 5.23. The molecule has 6 nitrogen and oxygen atoms in total. The fourth-order valence-electron chi connectivity index (χ4n) is 2.09. The first-order valence-electron chi connectivity index (χ1n) is 6.50. The third kappa shape index (κ3) is 3.34. The van der Waals surface area contributed by atoms with E-state index in [1.165, 1.54) is 0 Å². The zero-order valence-electron chi connectivity index (χ0n) is 11.3. The van der Waals surface area contributed by atoms with Crippen molar-refractivity contribution < 1.29 is 14.4 Å². The topological polar surface area (TPSA) is 78.5 Å². The summed E-state index contributed by atoms with van der Waals surface area (Å²) in [4.78, 5) is 36.1. The highest BCUT2D eigenvalue weighted by molar-refractivity contribution is 5.97. The Morgan fingerprint density at radius 1 is 1.25 bits per heavy atom. The fraction of sp³-hybridized carbons (Fsp3) is 0.357. The van der Waals surface area contributed by atoms with E-state index in [1.54, 1.807) is 36.2 Å². The lowest BCUT2D eigenvalue weighted by molar-refractivity contribution is -0.131. The van der Waals surface area contributed by atoms with Crippen LogP contribution < -0.4 is 10.6 Å². The lowest BCUT2D eigenvalue weighted by Crippen LogP contribution is -2.33. The Morgan fingerprint density at radius 2 is 1.95 bits per heavy atom. The highest BCUT2D eigenvalue weighted by Crippen LogP contribution is 2.12. The Kier molecular flexibility index (Phi) is 4.34. The van der Waals surface area contributed by atoms with Gasteiger partial charge in [0, 0.05) is 31.3 Å². The van der Waals surface area contributed by atoms with Crippen molar-refractivity contribution in [3.63, 3.8) is 0 Å². The zero-order chi connectivity index (χ0) is 14.5. The van der Waals surface area contributed by atoms with Crippen molar-refractivity contribution in [3.8, 4) is 0 Å². The number of hydrogen-bond donors (Lipinski definition) is 2. The number of rotatable bonds is 4. The molecule has 1 aromatic rings. The Morgan fingerprint density at radius 3 is 2.50 bits per heavy atom. The summed E-state index contributed by atoms with van der Waals surface area (Å²) in [6.07, 6.45) is 1.33. The van der Waals surface area contributed by atoms with E-state index in [0.717, 1.165) is 6.42 Å². The summed E-state index contributed by atoms with van der Waals surface area (Å²) in [6.45, 7) is 0.720. The van der Waals surface area contributed by atoms with Gasteiger partial charge in [-0.2, -0.15) is 0 Å². The normalized spacial score (nSPS) is 14.2. The molecule has 0 bridgehead atoms. The van der Waals surface area contributed by atoms with E-state index in [-0.39, 0.29) is 24.3 Å². The van der Waals surface area contributed by atoms with Crippen LogP contribution >= 0.6 is 0 Å². The number of amides is 3. The minimum Gasteiger partial charge on any atom is -0.355 e. The van der Waals surface area contributed by atoms with E-state index >= 15 is 0 Å². The van der Waals surface area contributed by atoms with Crippen molar-refractivity contribution in [3.05, 3.63) is 29.8 Å². The van der Waals surface area contributed by atoms with Crippen LogP contribution in [0.3, 0.4) is 0 Å². The van der Waals surface area contributed by atoms with Crippen LogP contribution in [-0.2, 0) is 9.59 Å². The van der Waals surface area contributed by atoms with Gasteiger partial charge in [-0.1, -0.05) is 0 Å². The van der Waals surface area contributed by atoms with Gasteiger partial charge in [-0.25, -0.2) is 0 Å². The summed E-state index contributed by atoms with van der Waals surface area (Å²) < 4.78 is 0. The minimum absolute atomic E-state index is 0.0233. The van der Waals surface area contributed by atoms with Gasteiger partial charge in [-0.3, -0.25) is 14.4 Å². The third-order valence-electron chi connectivity index (χ3n) is 3.16. The molecule has 0 radical (unpaired) electrons. The van der Waals surface area contributed by atoms with Gasteiger partial charge in [0.1, 0.15) is 0 Å². The molecule has 0 saturated carbocycles. The average Bonchev–Trinajstić information content (AvgIpc) is 2.84. The van der Waals surface area contributed by atoms with Crippen molar-refractivity contribution in [2.45, 2.75) is 12.8 Å². The highest BCUT2D eigenvalue weighted by Gasteiger charge is 2.22. The van der Waals surface area contributed by atoms with Crippen molar-refractivity contribution in [1.82, 2.24) is 10.2 Å². The van der Waals surface area contributed by atoms with Gasteiger partial charge in [-0.15, -0.1) is 0 Å². The average molecular weight is 275 g/mol. The molecule has 2 rings (SSSR count). The summed E-state index contributed by atoms with van der Waals surface area (Å²) in [5.41, 5.74) is 1.13. The van der Waals surface area contributed by atoms with Gasteiger partial charge in [0.15, 0.2) is 0 Å². The number of hydrogen-bond acceptors (Lipinski definition) is 3. The summed E-state index contributed by atoms with van der Waals surface area (Å²) in [6, 6.07) is 6.59. The molecule has 2 N–H and O–H groups in total. The first kappa shape index (κ1) is 14.0. The molecule has 0 atom stereocenters. The minimum atomic E-state index is -0.229. The van der Waals surface area contributed by atoms with E-state index in [2.05, 4.69) is 10.6 Å². The largest absolute Gasteiger partial charge is 0.355 e.